The number of alkyl halides is 2. The molecule has 74 valence electrons. The second-order valence-corrected chi connectivity index (χ2v) is 2.20. The van der Waals surface area contributed by atoms with Crippen molar-refractivity contribution in [2.75, 3.05) is 13.2 Å². The Hall–Kier alpha value is -1.17. The van der Waals surface area contributed by atoms with Crippen molar-refractivity contribution in [1.82, 2.24) is 0 Å². The monoisotopic (exact) mass is 194 g/mol. The zero-order valence-corrected chi connectivity index (χ0v) is 6.61. The normalized spacial score (nSPS) is 22.4. The van der Waals surface area contributed by atoms with Crippen LogP contribution in [0.3, 0.4) is 0 Å². The average Bonchev–Trinajstić information content (AvgIpc) is 2.45. The van der Waals surface area contributed by atoms with Gasteiger partial charge in [0.1, 0.15) is 0 Å². The van der Waals surface area contributed by atoms with E-state index in [1.54, 1.807) is 0 Å². The maximum atomic E-state index is 11.5. The van der Waals surface area contributed by atoms with Crippen LogP contribution in [0.4, 0.5) is 13.6 Å². The molecule has 1 aliphatic rings. The van der Waals surface area contributed by atoms with E-state index in [4.69, 9.17) is 4.74 Å². The van der Waals surface area contributed by atoms with Crippen LogP contribution in [0.2, 0.25) is 0 Å². The average molecular weight is 194 g/mol. The summed E-state index contributed by atoms with van der Waals surface area (Å²) in [5, 5.41) is 0. The van der Waals surface area contributed by atoms with Crippen molar-refractivity contribution < 1.29 is 27.8 Å². The van der Waals surface area contributed by atoms with E-state index in [0.29, 0.717) is 6.08 Å². The third-order valence-corrected chi connectivity index (χ3v) is 1.22. The molecule has 1 aliphatic heterocycles. The molecule has 0 N–H and O–H groups in total. The lowest BCUT2D eigenvalue weighted by Crippen LogP contribution is -2.14. The fraction of sp³-hybridized carbons (Fsp3) is 0.571. The van der Waals surface area contributed by atoms with Gasteiger partial charge in [0, 0.05) is 0 Å². The molecule has 0 aliphatic carbocycles. The smallest absolute Gasteiger partial charge is 0.428 e. The number of halogens is 2. The molecule has 0 amide bonds. The fourth-order valence-electron chi connectivity index (χ4n) is 0.715. The Bertz CT molecular complexity index is 205. The summed E-state index contributed by atoms with van der Waals surface area (Å²) < 4.78 is 36.8. The molecule has 4 nitrogen and oxygen atoms in total. The molecule has 1 unspecified atom stereocenters. The van der Waals surface area contributed by atoms with Crippen LogP contribution in [-0.4, -0.2) is 32.1 Å². The van der Waals surface area contributed by atoms with E-state index in [1.807, 2.05) is 0 Å². The molecule has 1 atom stereocenters. The minimum absolute atomic E-state index is 0.00134. The van der Waals surface area contributed by atoms with Crippen LogP contribution in [0.5, 0.6) is 0 Å². The van der Waals surface area contributed by atoms with Gasteiger partial charge < -0.3 is 14.2 Å². The van der Waals surface area contributed by atoms with Crippen molar-refractivity contribution in [2.45, 2.75) is 12.7 Å². The van der Waals surface area contributed by atoms with Crippen molar-refractivity contribution in [1.29, 1.82) is 0 Å². The highest BCUT2D eigenvalue weighted by Gasteiger charge is 2.24. The molecule has 0 aromatic heterocycles. The maximum absolute atomic E-state index is 11.5. The van der Waals surface area contributed by atoms with Gasteiger partial charge in [0.2, 0.25) is 6.29 Å². The van der Waals surface area contributed by atoms with Gasteiger partial charge in [-0.2, -0.15) is 0 Å². The molecule has 13 heavy (non-hydrogen) atoms. The van der Waals surface area contributed by atoms with Gasteiger partial charge in [0.25, 0.3) is 6.43 Å². The van der Waals surface area contributed by atoms with Crippen molar-refractivity contribution in [3.05, 3.63) is 12.2 Å². The number of carbonyl (C=O) groups excluding carboxylic acids is 1. The Morgan fingerprint density at radius 2 is 2.46 bits per heavy atom. The maximum Gasteiger partial charge on any atom is 0.510 e. The lowest BCUT2D eigenvalue weighted by Gasteiger charge is -2.04. The first-order valence-corrected chi connectivity index (χ1v) is 3.58. The van der Waals surface area contributed by atoms with Crippen molar-refractivity contribution in [3.8, 4) is 0 Å². The van der Waals surface area contributed by atoms with E-state index in [1.165, 1.54) is 0 Å². The minimum Gasteiger partial charge on any atom is -0.428 e. The van der Waals surface area contributed by atoms with Gasteiger partial charge in [-0.15, -0.1) is 0 Å². The lowest BCUT2D eigenvalue weighted by molar-refractivity contribution is -0.0663. The molecule has 0 bridgehead atoms. The highest BCUT2D eigenvalue weighted by Crippen LogP contribution is 2.07. The second-order valence-electron chi connectivity index (χ2n) is 2.20. The number of carbonyl (C=O) groups is 1. The number of hydrogen-bond acceptors (Lipinski definition) is 4. The quantitative estimate of drug-likeness (QED) is 0.500. The Morgan fingerprint density at radius 1 is 1.69 bits per heavy atom. The van der Waals surface area contributed by atoms with Gasteiger partial charge in [-0.05, 0) is 6.08 Å². The summed E-state index contributed by atoms with van der Waals surface area (Å²) >= 11 is 0. The molecule has 6 heteroatoms. The van der Waals surface area contributed by atoms with Crippen molar-refractivity contribution in [2.24, 2.45) is 0 Å². The van der Waals surface area contributed by atoms with Crippen molar-refractivity contribution in [3.63, 3.8) is 0 Å². The van der Waals surface area contributed by atoms with Gasteiger partial charge in [-0.25, -0.2) is 13.6 Å². The van der Waals surface area contributed by atoms with E-state index < -0.39 is 18.9 Å². The zero-order chi connectivity index (χ0) is 9.68. The van der Waals surface area contributed by atoms with Gasteiger partial charge >= 0.3 is 6.16 Å². The number of rotatable bonds is 4. The topological polar surface area (TPSA) is 44.8 Å². The second kappa shape index (κ2) is 4.76. The first kappa shape index (κ1) is 9.91. The molecule has 0 saturated carbocycles. The van der Waals surface area contributed by atoms with Crippen molar-refractivity contribution >= 4 is 6.16 Å². The molecule has 1 heterocycles. The predicted molar refractivity (Wildman–Crippen MR) is 37.3 cm³/mol. The number of hydrogen-bond donors (Lipinski definition) is 0. The van der Waals surface area contributed by atoms with Gasteiger partial charge in [-0.3, -0.25) is 0 Å². The molecule has 0 radical (unpaired) electrons. The van der Waals surface area contributed by atoms with Crippen LogP contribution in [0.25, 0.3) is 0 Å². The van der Waals surface area contributed by atoms with Crippen LogP contribution < -0.4 is 0 Å². The summed E-state index contributed by atoms with van der Waals surface area (Å²) in [5.74, 6) is 0. The Balaban J connectivity index is 2.09. The molecule has 0 aromatic carbocycles. The standard InChI is InChI=1S/C7H8F2O4/c8-5(9)2-1-3-11-6-4-12-7(10)13-6/h1-2,5-6H,3-4H2. The highest BCUT2D eigenvalue weighted by atomic mass is 19.3. The first-order valence-electron chi connectivity index (χ1n) is 3.58. The van der Waals surface area contributed by atoms with E-state index in [-0.39, 0.29) is 13.2 Å². The molecule has 1 fully saturated rings. The minimum atomic E-state index is -2.49. The summed E-state index contributed by atoms with van der Waals surface area (Å²) in [7, 11) is 0. The Morgan fingerprint density at radius 3 is 3.00 bits per heavy atom. The molecular formula is C7H8F2O4. The summed E-state index contributed by atoms with van der Waals surface area (Å²) in [4.78, 5) is 10.3. The van der Waals surface area contributed by atoms with E-state index >= 15 is 0 Å². The predicted octanol–water partition coefficient (Wildman–Crippen LogP) is 1.32. The van der Waals surface area contributed by atoms with Gasteiger partial charge in [0.05, 0.1) is 6.61 Å². The molecule has 0 aromatic rings. The van der Waals surface area contributed by atoms with Crippen LogP contribution in [0.1, 0.15) is 0 Å². The summed E-state index contributed by atoms with van der Waals surface area (Å²) in [6, 6.07) is 0. The third-order valence-electron chi connectivity index (χ3n) is 1.22. The molecule has 1 saturated heterocycles. The molecular weight excluding hydrogens is 186 g/mol. The largest absolute Gasteiger partial charge is 0.510 e. The zero-order valence-electron chi connectivity index (χ0n) is 6.61. The fourth-order valence-corrected chi connectivity index (χ4v) is 0.715. The first-order chi connectivity index (χ1) is 6.18. The van der Waals surface area contributed by atoms with Crippen LogP contribution in [0, 0.1) is 0 Å². The van der Waals surface area contributed by atoms with E-state index in [2.05, 4.69) is 9.47 Å². The molecule has 0 spiro atoms. The van der Waals surface area contributed by atoms with E-state index in [0.717, 1.165) is 6.08 Å². The van der Waals surface area contributed by atoms with Crippen LogP contribution in [-0.2, 0) is 14.2 Å². The van der Waals surface area contributed by atoms with Crippen LogP contribution >= 0.6 is 0 Å². The SMILES string of the molecule is O=C1OCC(OCC=CC(F)F)O1. The highest BCUT2D eigenvalue weighted by molar-refractivity contribution is 5.61. The number of ether oxygens (including phenoxy) is 3. The summed E-state index contributed by atoms with van der Waals surface area (Å²) in [6.07, 6.45) is -2.24. The number of allylic oxidation sites excluding steroid dienone is 1. The lowest BCUT2D eigenvalue weighted by atomic mass is 10.5. The summed E-state index contributed by atoms with van der Waals surface area (Å²) in [5.41, 5.74) is 0. The third kappa shape index (κ3) is 3.84. The van der Waals surface area contributed by atoms with Crippen LogP contribution in [0.15, 0.2) is 12.2 Å². The van der Waals surface area contributed by atoms with Gasteiger partial charge in [0.15, 0.2) is 6.61 Å². The Kier molecular flexibility index (Phi) is 3.63. The number of cyclic esters (lactones) is 2. The Labute approximate surface area is 73.1 Å². The van der Waals surface area contributed by atoms with E-state index in [9.17, 15) is 13.6 Å². The van der Waals surface area contributed by atoms with Gasteiger partial charge in [-0.1, -0.05) is 6.08 Å². The summed E-state index contributed by atoms with van der Waals surface area (Å²) in [6.45, 7) is -0.0347. The molecule has 1 rings (SSSR count).